The summed E-state index contributed by atoms with van der Waals surface area (Å²) in [5.41, 5.74) is 4.11. The van der Waals surface area contributed by atoms with E-state index in [0.29, 0.717) is 5.92 Å². The minimum absolute atomic E-state index is 0.388. The molecule has 3 aromatic rings. The van der Waals surface area contributed by atoms with Crippen LogP contribution in [0.15, 0.2) is 71.2 Å². The van der Waals surface area contributed by atoms with Gasteiger partial charge in [0.25, 0.3) is 0 Å². The van der Waals surface area contributed by atoms with Gasteiger partial charge in [-0.2, -0.15) is 0 Å². The molecule has 1 aliphatic carbocycles. The second-order valence-corrected chi connectivity index (χ2v) is 6.13. The Morgan fingerprint density at radius 2 is 1.60 bits per heavy atom. The summed E-state index contributed by atoms with van der Waals surface area (Å²) in [6.07, 6.45) is 4.52. The number of halogens is 1. The van der Waals surface area contributed by atoms with E-state index in [0.717, 1.165) is 4.47 Å². The molecular weight excluding hydrogens is 308 g/mol. The SMILES string of the molecule is Brc1ccc2cc(C3C=Cc4ccccc43)ccc2c1. The summed E-state index contributed by atoms with van der Waals surface area (Å²) in [5.74, 6) is 0.388. The Labute approximate surface area is 126 Å². The monoisotopic (exact) mass is 320 g/mol. The van der Waals surface area contributed by atoms with E-state index in [1.807, 2.05) is 0 Å². The van der Waals surface area contributed by atoms with Gasteiger partial charge in [0.05, 0.1) is 0 Å². The Morgan fingerprint density at radius 3 is 2.55 bits per heavy atom. The van der Waals surface area contributed by atoms with Crippen LogP contribution in [0, 0.1) is 0 Å². The van der Waals surface area contributed by atoms with Crippen molar-refractivity contribution in [3.05, 3.63) is 87.9 Å². The zero-order valence-electron chi connectivity index (χ0n) is 10.9. The second kappa shape index (κ2) is 4.60. The van der Waals surface area contributed by atoms with E-state index in [1.54, 1.807) is 0 Å². The Morgan fingerprint density at radius 1 is 0.800 bits per heavy atom. The lowest BCUT2D eigenvalue weighted by Crippen LogP contribution is -1.95. The minimum atomic E-state index is 0.388. The molecule has 20 heavy (non-hydrogen) atoms. The van der Waals surface area contributed by atoms with Crippen molar-refractivity contribution in [1.82, 2.24) is 0 Å². The number of hydrogen-bond acceptors (Lipinski definition) is 0. The van der Waals surface area contributed by atoms with E-state index in [4.69, 9.17) is 0 Å². The lowest BCUT2D eigenvalue weighted by Gasteiger charge is -2.12. The smallest absolute Gasteiger partial charge is 0.0278 e. The van der Waals surface area contributed by atoms with Crippen molar-refractivity contribution >= 4 is 32.8 Å². The summed E-state index contributed by atoms with van der Waals surface area (Å²) in [6, 6.07) is 21.8. The van der Waals surface area contributed by atoms with Crippen LogP contribution < -0.4 is 0 Å². The molecule has 1 unspecified atom stereocenters. The van der Waals surface area contributed by atoms with Crippen LogP contribution in [0.25, 0.3) is 16.8 Å². The van der Waals surface area contributed by atoms with Gasteiger partial charge in [-0.1, -0.05) is 76.6 Å². The van der Waals surface area contributed by atoms with Crippen molar-refractivity contribution in [3.8, 4) is 0 Å². The Kier molecular flexibility index (Phi) is 2.75. The van der Waals surface area contributed by atoms with Gasteiger partial charge in [-0.15, -0.1) is 0 Å². The molecule has 0 radical (unpaired) electrons. The highest BCUT2D eigenvalue weighted by Crippen LogP contribution is 2.36. The van der Waals surface area contributed by atoms with Crippen molar-refractivity contribution in [3.63, 3.8) is 0 Å². The molecule has 0 spiro atoms. The fraction of sp³-hybridized carbons (Fsp3) is 0.0526. The maximum atomic E-state index is 3.53. The zero-order chi connectivity index (χ0) is 13.5. The molecule has 0 bridgehead atoms. The van der Waals surface area contributed by atoms with E-state index < -0.39 is 0 Å². The second-order valence-electron chi connectivity index (χ2n) is 5.22. The van der Waals surface area contributed by atoms with Crippen molar-refractivity contribution in [2.24, 2.45) is 0 Å². The van der Waals surface area contributed by atoms with E-state index >= 15 is 0 Å². The molecule has 0 saturated carbocycles. The van der Waals surface area contributed by atoms with Gasteiger partial charge in [0.2, 0.25) is 0 Å². The highest BCUT2D eigenvalue weighted by molar-refractivity contribution is 9.10. The highest BCUT2D eigenvalue weighted by atomic mass is 79.9. The van der Waals surface area contributed by atoms with Gasteiger partial charge in [0.1, 0.15) is 0 Å². The number of hydrogen-bond donors (Lipinski definition) is 0. The fourth-order valence-corrected chi connectivity index (χ4v) is 3.35. The Bertz CT molecular complexity index is 830. The van der Waals surface area contributed by atoms with Gasteiger partial charge in [0.15, 0.2) is 0 Å². The van der Waals surface area contributed by atoms with Gasteiger partial charge < -0.3 is 0 Å². The summed E-state index contributed by atoms with van der Waals surface area (Å²) in [6.45, 7) is 0. The van der Waals surface area contributed by atoms with E-state index in [2.05, 4.69) is 88.7 Å². The van der Waals surface area contributed by atoms with Crippen LogP contribution in [-0.4, -0.2) is 0 Å². The molecule has 0 saturated heterocycles. The molecule has 4 rings (SSSR count). The minimum Gasteiger partial charge on any atom is -0.0720 e. The van der Waals surface area contributed by atoms with Gasteiger partial charge in [-0.3, -0.25) is 0 Å². The van der Waals surface area contributed by atoms with E-state index in [1.165, 1.54) is 27.5 Å². The molecule has 0 fully saturated rings. The van der Waals surface area contributed by atoms with Crippen LogP contribution in [0.3, 0.4) is 0 Å². The van der Waals surface area contributed by atoms with Crippen LogP contribution >= 0.6 is 15.9 Å². The summed E-state index contributed by atoms with van der Waals surface area (Å²) in [5, 5.41) is 2.57. The van der Waals surface area contributed by atoms with Crippen LogP contribution in [0.5, 0.6) is 0 Å². The first-order chi connectivity index (χ1) is 9.81. The lowest BCUT2D eigenvalue weighted by atomic mass is 9.91. The third-order valence-electron chi connectivity index (χ3n) is 3.98. The first kappa shape index (κ1) is 11.9. The van der Waals surface area contributed by atoms with Gasteiger partial charge in [-0.05, 0) is 39.6 Å². The molecule has 3 aromatic carbocycles. The molecule has 0 aromatic heterocycles. The van der Waals surface area contributed by atoms with Crippen molar-refractivity contribution in [2.45, 2.75) is 5.92 Å². The predicted octanol–water partition coefficient (Wildman–Crippen LogP) is 5.76. The molecule has 1 aliphatic rings. The van der Waals surface area contributed by atoms with E-state index in [9.17, 15) is 0 Å². The third kappa shape index (κ3) is 1.90. The van der Waals surface area contributed by atoms with Crippen molar-refractivity contribution in [1.29, 1.82) is 0 Å². The zero-order valence-corrected chi connectivity index (χ0v) is 12.5. The Hall–Kier alpha value is -1.86. The first-order valence-electron chi connectivity index (χ1n) is 6.78. The molecule has 0 nitrogen and oxygen atoms in total. The topological polar surface area (TPSA) is 0 Å². The van der Waals surface area contributed by atoms with Gasteiger partial charge in [0, 0.05) is 10.4 Å². The highest BCUT2D eigenvalue weighted by Gasteiger charge is 2.18. The molecule has 0 N–H and O–H groups in total. The third-order valence-corrected chi connectivity index (χ3v) is 4.48. The molecule has 0 aliphatic heterocycles. The first-order valence-corrected chi connectivity index (χ1v) is 7.57. The van der Waals surface area contributed by atoms with E-state index in [-0.39, 0.29) is 0 Å². The maximum absolute atomic E-state index is 3.53. The van der Waals surface area contributed by atoms with Crippen LogP contribution in [0.4, 0.5) is 0 Å². The number of rotatable bonds is 1. The Balaban J connectivity index is 1.84. The molecule has 96 valence electrons. The molecular formula is C19H13Br. The van der Waals surface area contributed by atoms with Crippen molar-refractivity contribution in [2.75, 3.05) is 0 Å². The number of fused-ring (bicyclic) bond motifs is 2. The molecule has 1 heteroatoms. The summed E-state index contributed by atoms with van der Waals surface area (Å²) >= 11 is 3.53. The maximum Gasteiger partial charge on any atom is 0.0278 e. The normalized spacial score (nSPS) is 16.6. The average Bonchev–Trinajstić information content (AvgIpc) is 2.91. The van der Waals surface area contributed by atoms with Crippen molar-refractivity contribution < 1.29 is 0 Å². The standard InChI is InChI=1S/C19H13Br/c20-17-9-7-14-11-16(6-5-15(14)12-17)19-10-8-13-3-1-2-4-18(13)19/h1-12,19H. The number of allylic oxidation sites excluding steroid dienone is 1. The van der Waals surface area contributed by atoms with Crippen LogP contribution in [-0.2, 0) is 0 Å². The van der Waals surface area contributed by atoms with Crippen LogP contribution in [0.1, 0.15) is 22.6 Å². The summed E-state index contributed by atoms with van der Waals surface area (Å²) < 4.78 is 1.13. The van der Waals surface area contributed by atoms with Gasteiger partial charge in [-0.25, -0.2) is 0 Å². The molecule has 0 amide bonds. The van der Waals surface area contributed by atoms with Crippen LogP contribution in [0.2, 0.25) is 0 Å². The largest absolute Gasteiger partial charge is 0.0720 e. The molecule has 0 heterocycles. The number of benzene rings is 3. The lowest BCUT2D eigenvalue weighted by molar-refractivity contribution is 1.05. The quantitative estimate of drug-likeness (QED) is 0.534. The fourth-order valence-electron chi connectivity index (χ4n) is 2.97. The molecule has 1 atom stereocenters. The summed E-state index contributed by atoms with van der Waals surface area (Å²) in [4.78, 5) is 0. The predicted molar refractivity (Wildman–Crippen MR) is 89.0 cm³/mol. The average molecular weight is 321 g/mol. The summed E-state index contributed by atoms with van der Waals surface area (Å²) in [7, 11) is 0. The van der Waals surface area contributed by atoms with Gasteiger partial charge >= 0.3 is 0 Å².